The highest BCUT2D eigenvalue weighted by Crippen LogP contribution is 2.32. The van der Waals surface area contributed by atoms with Crippen LogP contribution in [0.5, 0.6) is 0 Å². The van der Waals surface area contributed by atoms with Crippen molar-refractivity contribution in [3.05, 3.63) is 30.4 Å². The fourth-order valence-corrected chi connectivity index (χ4v) is 2.86. The first-order chi connectivity index (χ1) is 11.6. The lowest BCUT2D eigenvalue weighted by Gasteiger charge is -2.33. The van der Waals surface area contributed by atoms with Gasteiger partial charge < -0.3 is 14.9 Å². The summed E-state index contributed by atoms with van der Waals surface area (Å²) < 4.78 is 5.02. The molecule has 0 atom stereocenters. The second kappa shape index (κ2) is 5.55. The Morgan fingerprint density at radius 2 is 2.17 bits per heavy atom. The van der Waals surface area contributed by atoms with E-state index in [9.17, 15) is 4.79 Å². The van der Waals surface area contributed by atoms with Crippen LogP contribution in [0.3, 0.4) is 0 Å². The molecule has 0 unspecified atom stereocenters. The normalized spacial score (nSPS) is 19.9. The molecule has 4 rings (SSSR count). The standard InChI is InChI=1S/C16H15N5O3/c1-8-19-14(21-24-8)9-2-3-13-12(6-9)15(18-7-17-13)20-11-4-10(5-11)16(22)23/h2-3,6-7,10-11H,4-5H2,1H3,(H,22,23)(H,17,18,20). The molecule has 1 fully saturated rings. The number of aromatic nitrogens is 4. The molecule has 8 nitrogen and oxygen atoms in total. The maximum Gasteiger partial charge on any atom is 0.306 e. The molecule has 24 heavy (non-hydrogen) atoms. The van der Waals surface area contributed by atoms with Gasteiger partial charge in [-0.05, 0) is 31.0 Å². The molecule has 0 bridgehead atoms. The second-order valence-electron chi connectivity index (χ2n) is 5.94. The van der Waals surface area contributed by atoms with Crippen molar-refractivity contribution in [3.8, 4) is 11.4 Å². The number of aliphatic carboxylic acids is 1. The summed E-state index contributed by atoms with van der Waals surface area (Å²) in [5.41, 5.74) is 1.61. The summed E-state index contributed by atoms with van der Waals surface area (Å²) in [7, 11) is 0. The fourth-order valence-electron chi connectivity index (χ4n) is 2.86. The molecule has 0 amide bonds. The van der Waals surface area contributed by atoms with Crippen LogP contribution in [-0.2, 0) is 4.79 Å². The first kappa shape index (κ1) is 14.6. The third-order valence-electron chi connectivity index (χ3n) is 4.25. The van der Waals surface area contributed by atoms with Crippen molar-refractivity contribution in [1.82, 2.24) is 20.1 Å². The first-order valence-electron chi connectivity index (χ1n) is 7.65. The number of carboxylic acids is 1. The Morgan fingerprint density at radius 1 is 1.33 bits per heavy atom. The lowest BCUT2D eigenvalue weighted by atomic mass is 9.80. The molecule has 0 saturated heterocycles. The van der Waals surface area contributed by atoms with E-state index in [0.717, 1.165) is 16.5 Å². The minimum atomic E-state index is -0.740. The Bertz CT molecular complexity index is 917. The van der Waals surface area contributed by atoms with Gasteiger partial charge >= 0.3 is 5.97 Å². The van der Waals surface area contributed by atoms with Crippen LogP contribution < -0.4 is 5.32 Å². The monoisotopic (exact) mass is 325 g/mol. The second-order valence-corrected chi connectivity index (χ2v) is 5.94. The minimum Gasteiger partial charge on any atom is -0.481 e. The number of nitrogens with one attached hydrogen (secondary N) is 1. The highest BCUT2D eigenvalue weighted by Gasteiger charge is 2.34. The highest BCUT2D eigenvalue weighted by molar-refractivity contribution is 5.92. The minimum absolute atomic E-state index is 0.111. The van der Waals surface area contributed by atoms with Crippen LogP contribution in [0.25, 0.3) is 22.3 Å². The molecule has 122 valence electrons. The van der Waals surface area contributed by atoms with E-state index < -0.39 is 5.97 Å². The number of anilines is 1. The molecule has 1 aliphatic rings. The molecule has 3 aromatic rings. The summed E-state index contributed by atoms with van der Waals surface area (Å²) >= 11 is 0. The number of carbonyl (C=O) groups is 1. The molecular formula is C16H15N5O3. The van der Waals surface area contributed by atoms with E-state index in [4.69, 9.17) is 9.63 Å². The Kier molecular flexibility index (Phi) is 3.37. The van der Waals surface area contributed by atoms with Crippen LogP contribution in [-0.4, -0.2) is 37.2 Å². The number of nitrogens with zero attached hydrogens (tertiary/aromatic N) is 4. The van der Waals surface area contributed by atoms with Gasteiger partial charge in [0.05, 0.1) is 11.4 Å². The highest BCUT2D eigenvalue weighted by atomic mass is 16.5. The van der Waals surface area contributed by atoms with E-state index in [-0.39, 0.29) is 12.0 Å². The quantitative estimate of drug-likeness (QED) is 0.751. The van der Waals surface area contributed by atoms with E-state index in [2.05, 4.69) is 25.4 Å². The SMILES string of the molecule is Cc1nc(-c2ccc3ncnc(NC4CC(C(=O)O)C4)c3c2)no1. The van der Waals surface area contributed by atoms with Gasteiger partial charge in [0.2, 0.25) is 11.7 Å². The van der Waals surface area contributed by atoms with Gasteiger partial charge in [-0.25, -0.2) is 9.97 Å². The largest absolute Gasteiger partial charge is 0.481 e. The molecule has 2 aromatic heterocycles. The van der Waals surface area contributed by atoms with Crippen LogP contribution in [0.15, 0.2) is 29.0 Å². The number of rotatable bonds is 4. The Balaban J connectivity index is 1.64. The smallest absolute Gasteiger partial charge is 0.306 e. The summed E-state index contributed by atoms with van der Waals surface area (Å²) in [4.78, 5) is 23.7. The van der Waals surface area contributed by atoms with Gasteiger partial charge in [-0.1, -0.05) is 5.16 Å². The first-order valence-corrected chi connectivity index (χ1v) is 7.65. The summed E-state index contributed by atoms with van der Waals surface area (Å²) in [6.07, 6.45) is 2.70. The van der Waals surface area contributed by atoms with Crippen LogP contribution in [0.2, 0.25) is 0 Å². The van der Waals surface area contributed by atoms with Crippen LogP contribution in [0, 0.1) is 12.8 Å². The molecular weight excluding hydrogens is 310 g/mol. The molecule has 2 heterocycles. The molecule has 2 N–H and O–H groups in total. The van der Waals surface area contributed by atoms with Gasteiger partial charge in [-0.3, -0.25) is 4.79 Å². The zero-order chi connectivity index (χ0) is 16.7. The van der Waals surface area contributed by atoms with Crippen molar-refractivity contribution in [1.29, 1.82) is 0 Å². The predicted octanol–water partition coefficient (Wildman–Crippen LogP) is 2.26. The van der Waals surface area contributed by atoms with E-state index in [1.807, 2.05) is 18.2 Å². The Hall–Kier alpha value is -3.03. The molecule has 8 heteroatoms. The molecule has 1 aromatic carbocycles. The van der Waals surface area contributed by atoms with E-state index in [0.29, 0.717) is 30.4 Å². The Labute approximate surface area is 136 Å². The van der Waals surface area contributed by atoms with E-state index in [1.54, 1.807) is 6.92 Å². The van der Waals surface area contributed by atoms with Crippen LogP contribution >= 0.6 is 0 Å². The van der Waals surface area contributed by atoms with Gasteiger partial charge in [0.1, 0.15) is 12.1 Å². The van der Waals surface area contributed by atoms with E-state index >= 15 is 0 Å². The average Bonchev–Trinajstić information content (AvgIpc) is 2.96. The van der Waals surface area contributed by atoms with Crippen molar-refractivity contribution >= 4 is 22.7 Å². The molecule has 0 aliphatic heterocycles. The van der Waals surface area contributed by atoms with Gasteiger partial charge in [-0.15, -0.1) is 0 Å². The van der Waals surface area contributed by atoms with Gasteiger partial charge in [0.25, 0.3) is 0 Å². The number of aryl methyl sites for hydroxylation is 1. The maximum atomic E-state index is 10.9. The average molecular weight is 325 g/mol. The van der Waals surface area contributed by atoms with Crippen LogP contribution in [0.1, 0.15) is 18.7 Å². The van der Waals surface area contributed by atoms with Crippen LogP contribution in [0.4, 0.5) is 5.82 Å². The van der Waals surface area contributed by atoms with Crippen molar-refractivity contribution in [2.75, 3.05) is 5.32 Å². The van der Waals surface area contributed by atoms with Crippen molar-refractivity contribution in [2.24, 2.45) is 5.92 Å². The summed E-state index contributed by atoms with van der Waals surface area (Å²) in [5.74, 6) is 0.695. The number of carboxylic acid groups (broad SMARTS) is 1. The Morgan fingerprint density at radius 3 is 2.88 bits per heavy atom. The summed E-state index contributed by atoms with van der Waals surface area (Å²) in [5, 5.41) is 17.1. The zero-order valence-corrected chi connectivity index (χ0v) is 12.9. The van der Waals surface area contributed by atoms with E-state index in [1.165, 1.54) is 6.33 Å². The third-order valence-corrected chi connectivity index (χ3v) is 4.25. The van der Waals surface area contributed by atoms with Gasteiger partial charge in [0, 0.05) is 23.9 Å². The molecule has 1 saturated carbocycles. The summed E-state index contributed by atoms with van der Waals surface area (Å²) in [6.45, 7) is 1.74. The fraction of sp³-hybridized carbons (Fsp3) is 0.312. The van der Waals surface area contributed by atoms with Gasteiger partial charge in [0.15, 0.2) is 0 Å². The van der Waals surface area contributed by atoms with Gasteiger partial charge in [-0.2, -0.15) is 4.98 Å². The molecule has 0 radical (unpaired) electrons. The summed E-state index contributed by atoms with van der Waals surface area (Å²) in [6, 6.07) is 5.78. The predicted molar refractivity (Wildman–Crippen MR) is 85.3 cm³/mol. The molecule has 0 spiro atoms. The van der Waals surface area contributed by atoms with Crippen molar-refractivity contribution in [3.63, 3.8) is 0 Å². The maximum absolute atomic E-state index is 10.9. The lowest BCUT2D eigenvalue weighted by molar-refractivity contribution is -0.144. The lowest BCUT2D eigenvalue weighted by Crippen LogP contribution is -2.39. The number of fused-ring (bicyclic) bond motifs is 1. The number of hydrogen-bond acceptors (Lipinski definition) is 7. The zero-order valence-electron chi connectivity index (χ0n) is 12.9. The number of benzene rings is 1. The number of hydrogen-bond donors (Lipinski definition) is 2. The third kappa shape index (κ3) is 2.55. The van der Waals surface area contributed by atoms with Crippen molar-refractivity contribution < 1.29 is 14.4 Å². The topological polar surface area (TPSA) is 114 Å². The van der Waals surface area contributed by atoms with Crippen molar-refractivity contribution in [2.45, 2.75) is 25.8 Å². The molecule has 1 aliphatic carbocycles.